The van der Waals surface area contributed by atoms with Crippen LogP contribution in [0.2, 0.25) is 0 Å². The number of nitrogens with two attached hydrogens (primary N) is 1. The summed E-state index contributed by atoms with van der Waals surface area (Å²) >= 11 is 0. The number of likely N-dealkylation sites (tertiary alicyclic amines) is 1. The van der Waals surface area contributed by atoms with Gasteiger partial charge < -0.3 is 10.6 Å². The maximum absolute atomic E-state index is 6.02. The Labute approximate surface area is 68.7 Å². The van der Waals surface area contributed by atoms with Crippen molar-refractivity contribution in [2.24, 2.45) is 11.1 Å². The molecule has 0 radical (unpaired) electrons. The molecule has 2 N–H and O–H groups in total. The van der Waals surface area contributed by atoms with E-state index >= 15 is 0 Å². The van der Waals surface area contributed by atoms with Crippen molar-refractivity contribution < 1.29 is 0 Å². The van der Waals surface area contributed by atoms with E-state index in [1.807, 2.05) is 0 Å². The third-order valence-corrected chi connectivity index (χ3v) is 3.72. The molecule has 1 unspecified atom stereocenters. The molecule has 2 rings (SSSR count). The summed E-state index contributed by atoms with van der Waals surface area (Å²) in [6.07, 6.45) is 5.33. The summed E-state index contributed by atoms with van der Waals surface area (Å²) in [5, 5.41) is 0. The lowest BCUT2D eigenvalue weighted by Crippen LogP contribution is -2.55. The van der Waals surface area contributed by atoms with Gasteiger partial charge in [0.25, 0.3) is 0 Å². The molecule has 0 aromatic heterocycles. The standard InChI is InChI=1S/C9H18N2/c1-11-6-4-9(5-7-11)3-2-8(9)10/h8H,2-7,10H2,1H3. The largest absolute Gasteiger partial charge is 0.327 e. The van der Waals surface area contributed by atoms with Gasteiger partial charge in [0, 0.05) is 6.04 Å². The van der Waals surface area contributed by atoms with Gasteiger partial charge in [-0.3, -0.25) is 0 Å². The van der Waals surface area contributed by atoms with Gasteiger partial charge in [-0.15, -0.1) is 0 Å². The third-order valence-electron chi connectivity index (χ3n) is 3.72. The molecule has 64 valence electrons. The Balaban J connectivity index is 1.96. The van der Waals surface area contributed by atoms with E-state index in [0.29, 0.717) is 11.5 Å². The van der Waals surface area contributed by atoms with E-state index < -0.39 is 0 Å². The van der Waals surface area contributed by atoms with E-state index in [1.165, 1.54) is 38.8 Å². The Morgan fingerprint density at radius 3 is 2.27 bits per heavy atom. The lowest BCUT2D eigenvalue weighted by Gasteiger charge is -2.52. The van der Waals surface area contributed by atoms with Crippen LogP contribution in [0.1, 0.15) is 25.7 Å². The van der Waals surface area contributed by atoms with Gasteiger partial charge >= 0.3 is 0 Å². The van der Waals surface area contributed by atoms with Gasteiger partial charge in [0.2, 0.25) is 0 Å². The molecule has 1 spiro atoms. The minimum atomic E-state index is 0.524. The van der Waals surface area contributed by atoms with E-state index in [0.717, 1.165) is 0 Å². The molecule has 2 heteroatoms. The van der Waals surface area contributed by atoms with Crippen LogP contribution in [0.5, 0.6) is 0 Å². The monoisotopic (exact) mass is 154 g/mol. The minimum Gasteiger partial charge on any atom is -0.327 e. The molecular weight excluding hydrogens is 136 g/mol. The molecule has 1 heterocycles. The van der Waals surface area contributed by atoms with Gasteiger partial charge in [-0.25, -0.2) is 0 Å². The van der Waals surface area contributed by atoms with Gasteiger partial charge in [-0.2, -0.15) is 0 Å². The lowest BCUT2D eigenvalue weighted by atomic mass is 9.60. The highest BCUT2D eigenvalue weighted by Gasteiger charge is 2.45. The van der Waals surface area contributed by atoms with E-state index in [4.69, 9.17) is 5.73 Å². The molecule has 11 heavy (non-hydrogen) atoms. The summed E-state index contributed by atoms with van der Waals surface area (Å²) in [7, 11) is 2.21. The molecule has 0 bridgehead atoms. The zero-order valence-corrected chi connectivity index (χ0v) is 7.34. The van der Waals surface area contributed by atoms with Crippen molar-refractivity contribution in [2.45, 2.75) is 31.7 Å². The van der Waals surface area contributed by atoms with Crippen molar-refractivity contribution in [3.05, 3.63) is 0 Å². The van der Waals surface area contributed by atoms with Crippen LogP contribution in [-0.2, 0) is 0 Å². The third kappa shape index (κ3) is 1.09. The molecule has 2 nitrogen and oxygen atoms in total. The highest BCUT2D eigenvalue weighted by Crippen LogP contribution is 2.47. The van der Waals surface area contributed by atoms with Crippen LogP contribution in [0.25, 0.3) is 0 Å². The first-order valence-corrected chi connectivity index (χ1v) is 4.67. The Bertz CT molecular complexity index is 148. The van der Waals surface area contributed by atoms with Crippen molar-refractivity contribution in [1.82, 2.24) is 4.90 Å². The molecule has 1 saturated carbocycles. The van der Waals surface area contributed by atoms with Crippen molar-refractivity contribution >= 4 is 0 Å². The highest BCUT2D eigenvalue weighted by atomic mass is 15.1. The molecule has 0 aromatic carbocycles. The SMILES string of the molecule is CN1CCC2(CCC2N)CC1. The topological polar surface area (TPSA) is 29.3 Å². The molecule has 2 fully saturated rings. The van der Waals surface area contributed by atoms with Gasteiger partial charge in [0.15, 0.2) is 0 Å². The lowest BCUT2D eigenvalue weighted by molar-refractivity contribution is 0.0182. The number of nitrogens with zero attached hydrogens (tertiary/aromatic N) is 1. The van der Waals surface area contributed by atoms with Crippen molar-refractivity contribution in [3.63, 3.8) is 0 Å². The highest BCUT2D eigenvalue weighted by molar-refractivity contribution is 5.00. The fourth-order valence-electron chi connectivity index (χ4n) is 2.40. The van der Waals surface area contributed by atoms with Crippen LogP contribution in [0.3, 0.4) is 0 Å². The Hall–Kier alpha value is -0.0800. The van der Waals surface area contributed by atoms with Gasteiger partial charge in [-0.05, 0) is 51.2 Å². The Morgan fingerprint density at radius 2 is 1.91 bits per heavy atom. The first-order chi connectivity index (χ1) is 5.23. The second-order valence-electron chi connectivity index (χ2n) is 4.31. The maximum atomic E-state index is 6.02. The predicted octanol–water partition coefficient (Wildman–Crippen LogP) is 0.820. The van der Waals surface area contributed by atoms with Crippen LogP contribution in [-0.4, -0.2) is 31.1 Å². The smallest absolute Gasteiger partial charge is 0.00967 e. The summed E-state index contributed by atoms with van der Waals surface area (Å²) < 4.78 is 0. The fourth-order valence-corrected chi connectivity index (χ4v) is 2.40. The number of hydrogen-bond donors (Lipinski definition) is 1. The maximum Gasteiger partial charge on any atom is 0.00967 e. The van der Waals surface area contributed by atoms with Crippen LogP contribution >= 0.6 is 0 Å². The Morgan fingerprint density at radius 1 is 1.27 bits per heavy atom. The van der Waals surface area contributed by atoms with Crippen molar-refractivity contribution in [1.29, 1.82) is 0 Å². The number of rotatable bonds is 0. The molecule has 0 aromatic rings. The first-order valence-electron chi connectivity index (χ1n) is 4.67. The number of hydrogen-bond acceptors (Lipinski definition) is 2. The van der Waals surface area contributed by atoms with Gasteiger partial charge in [0.05, 0.1) is 0 Å². The second-order valence-corrected chi connectivity index (χ2v) is 4.31. The van der Waals surface area contributed by atoms with Gasteiger partial charge in [0.1, 0.15) is 0 Å². The van der Waals surface area contributed by atoms with Crippen molar-refractivity contribution in [2.75, 3.05) is 20.1 Å². The Kier molecular flexibility index (Phi) is 1.69. The van der Waals surface area contributed by atoms with Crippen LogP contribution in [0, 0.1) is 5.41 Å². The van der Waals surface area contributed by atoms with E-state index in [2.05, 4.69) is 11.9 Å². The summed E-state index contributed by atoms with van der Waals surface area (Å²) in [4.78, 5) is 2.41. The van der Waals surface area contributed by atoms with E-state index in [-0.39, 0.29) is 0 Å². The zero-order valence-electron chi connectivity index (χ0n) is 7.34. The summed E-state index contributed by atoms with van der Waals surface area (Å²) in [6.45, 7) is 2.52. The molecule has 1 atom stereocenters. The quantitative estimate of drug-likeness (QED) is 0.559. The average Bonchev–Trinajstić information content (AvgIpc) is 2.03. The molecule has 1 saturated heterocycles. The van der Waals surface area contributed by atoms with E-state index in [1.54, 1.807) is 0 Å². The van der Waals surface area contributed by atoms with Crippen LogP contribution in [0.15, 0.2) is 0 Å². The van der Waals surface area contributed by atoms with Crippen LogP contribution in [0.4, 0.5) is 0 Å². The first kappa shape index (κ1) is 7.56. The minimum absolute atomic E-state index is 0.524. The second kappa shape index (κ2) is 2.46. The fraction of sp³-hybridized carbons (Fsp3) is 1.00. The van der Waals surface area contributed by atoms with Crippen molar-refractivity contribution in [3.8, 4) is 0 Å². The zero-order chi connectivity index (χ0) is 7.90. The molecule has 1 aliphatic heterocycles. The summed E-state index contributed by atoms with van der Waals surface area (Å²) in [5.41, 5.74) is 6.59. The molecule has 1 aliphatic carbocycles. The number of piperidine rings is 1. The summed E-state index contributed by atoms with van der Waals surface area (Å²) in [6, 6.07) is 0.524. The molecular formula is C9H18N2. The molecule has 2 aliphatic rings. The average molecular weight is 154 g/mol. The molecule has 0 amide bonds. The van der Waals surface area contributed by atoms with Gasteiger partial charge in [-0.1, -0.05) is 0 Å². The predicted molar refractivity (Wildman–Crippen MR) is 46.4 cm³/mol. The normalized spacial score (nSPS) is 37.1. The van der Waals surface area contributed by atoms with Crippen LogP contribution < -0.4 is 5.73 Å². The summed E-state index contributed by atoms with van der Waals surface area (Å²) in [5.74, 6) is 0. The van der Waals surface area contributed by atoms with E-state index in [9.17, 15) is 0 Å².